The summed E-state index contributed by atoms with van der Waals surface area (Å²) < 4.78 is 28.6. The zero-order valence-electron chi connectivity index (χ0n) is 8.91. The van der Waals surface area contributed by atoms with Crippen molar-refractivity contribution in [3.63, 3.8) is 0 Å². The maximum atomic E-state index is 11.5. The first-order chi connectivity index (χ1) is 7.00. The lowest BCUT2D eigenvalue weighted by Gasteiger charge is -2.35. The van der Waals surface area contributed by atoms with Gasteiger partial charge in [0.05, 0.1) is 17.6 Å². The first kappa shape index (κ1) is 11.9. The molecule has 2 rings (SSSR count). The third kappa shape index (κ3) is 1.98. The Bertz CT molecular complexity index is 341. The molecular weight excluding hydrogens is 280 g/mol. The molecule has 2 fully saturated rings. The van der Waals surface area contributed by atoms with Gasteiger partial charge < -0.3 is 4.74 Å². The number of rotatable bonds is 2. The van der Waals surface area contributed by atoms with Gasteiger partial charge in [-0.1, -0.05) is 15.9 Å². The van der Waals surface area contributed by atoms with Gasteiger partial charge in [-0.3, -0.25) is 0 Å². The summed E-state index contributed by atoms with van der Waals surface area (Å²) >= 11 is 3.55. The third-order valence-corrected chi connectivity index (χ3v) is 6.85. The summed E-state index contributed by atoms with van der Waals surface area (Å²) in [6, 6.07) is 0. The van der Waals surface area contributed by atoms with Crippen molar-refractivity contribution >= 4 is 25.8 Å². The molecule has 0 aliphatic carbocycles. The van der Waals surface area contributed by atoms with Crippen molar-refractivity contribution < 1.29 is 13.2 Å². The predicted octanol–water partition coefficient (Wildman–Crippen LogP) is 1.61. The molecule has 0 aromatic heterocycles. The summed E-state index contributed by atoms with van der Waals surface area (Å²) in [5, 5.41) is 0.849. The van der Waals surface area contributed by atoms with Crippen LogP contribution in [0.5, 0.6) is 0 Å². The van der Waals surface area contributed by atoms with Crippen LogP contribution in [0.4, 0.5) is 0 Å². The van der Waals surface area contributed by atoms with Gasteiger partial charge in [0.25, 0.3) is 0 Å². The fourth-order valence-electron chi connectivity index (χ4n) is 2.86. The molecule has 0 amide bonds. The van der Waals surface area contributed by atoms with Gasteiger partial charge in [0, 0.05) is 17.4 Å². The maximum Gasteiger partial charge on any atom is 0.150 e. The number of sulfone groups is 1. The number of hydrogen-bond donors (Lipinski definition) is 0. The minimum absolute atomic E-state index is 0.0452. The lowest BCUT2D eigenvalue weighted by molar-refractivity contribution is 0.0494. The molecule has 0 aromatic rings. The van der Waals surface area contributed by atoms with Crippen molar-refractivity contribution in [3.8, 4) is 0 Å². The van der Waals surface area contributed by atoms with Gasteiger partial charge in [0.1, 0.15) is 0 Å². The van der Waals surface area contributed by atoms with E-state index in [2.05, 4.69) is 22.9 Å². The molecule has 0 radical (unpaired) electrons. The summed E-state index contributed by atoms with van der Waals surface area (Å²) in [4.78, 5) is 0. The third-order valence-electron chi connectivity index (χ3n) is 4.04. The van der Waals surface area contributed by atoms with Crippen molar-refractivity contribution in [3.05, 3.63) is 0 Å². The van der Waals surface area contributed by atoms with Gasteiger partial charge in [0.2, 0.25) is 0 Å². The molecule has 3 nitrogen and oxygen atoms in total. The van der Waals surface area contributed by atoms with Gasteiger partial charge in [-0.05, 0) is 25.7 Å². The SMILES string of the molecule is CC1OCCC1(CBr)C1CCS(=O)(=O)C1. The molecule has 0 N–H and O–H groups in total. The summed E-state index contributed by atoms with van der Waals surface area (Å²) in [6.45, 7) is 2.84. The van der Waals surface area contributed by atoms with E-state index in [1.807, 2.05) is 0 Å². The minimum atomic E-state index is -2.78. The second-order valence-corrected chi connectivity index (χ2v) is 7.52. The Morgan fingerprint density at radius 3 is 2.67 bits per heavy atom. The van der Waals surface area contributed by atoms with E-state index in [4.69, 9.17) is 4.74 Å². The van der Waals surface area contributed by atoms with E-state index < -0.39 is 9.84 Å². The van der Waals surface area contributed by atoms with Crippen LogP contribution in [0.2, 0.25) is 0 Å². The second-order valence-electron chi connectivity index (χ2n) is 4.73. The van der Waals surface area contributed by atoms with Crippen molar-refractivity contribution in [2.45, 2.75) is 25.9 Å². The molecule has 15 heavy (non-hydrogen) atoms. The monoisotopic (exact) mass is 296 g/mol. The van der Waals surface area contributed by atoms with E-state index in [0.29, 0.717) is 11.5 Å². The second kappa shape index (κ2) is 4.00. The first-order valence-corrected chi connectivity index (χ1v) is 8.32. The Hall–Kier alpha value is 0.390. The molecular formula is C10H17BrO3S. The van der Waals surface area contributed by atoms with E-state index in [9.17, 15) is 8.42 Å². The molecule has 0 aromatic carbocycles. The standard InChI is InChI=1S/C10H17BrO3S/c1-8-10(7-11,3-4-14-8)9-2-5-15(12,13)6-9/h8-9H,2-7H2,1H3. The topological polar surface area (TPSA) is 43.4 Å². The van der Waals surface area contributed by atoms with Gasteiger partial charge in [0.15, 0.2) is 9.84 Å². The molecule has 3 unspecified atom stereocenters. The van der Waals surface area contributed by atoms with E-state index in [1.54, 1.807) is 0 Å². The lowest BCUT2D eigenvalue weighted by atomic mass is 9.72. The molecule has 3 atom stereocenters. The normalized spacial score (nSPS) is 44.7. The summed E-state index contributed by atoms with van der Waals surface area (Å²) in [6.07, 6.45) is 1.97. The fourth-order valence-corrected chi connectivity index (χ4v) is 5.98. The number of hydrogen-bond acceptors (Lipinski definition) is 3. The van der Waals surface area contributed by atoms with E-state index in [0.717, 1.165) is 24.8 Å². The van der Waals surface area contributed by atoms with E-state index >= 15 is 0 Å². The Labute approximate surface area is 99.6 Å². The molecule has 0 spiro atoms. The molecule has 0 saturated carbocycles. The van der Waals surface area contributed by atoms with E-state index in [-0.39, 0.29) is 17.4 Å². The largest absolute Gasteiger partial charge is 0.378 e. The zero-order chi connectivity index (χ0) is 11.1. The van der Waals surface area contributed by atoms with Crippen LogP contribution < -0.4 is 0 Å². The van der Waals surface area contributed by atoms with Crippen LogP contribution in [0.3, 0.4) is 0 Å². The highest BCUT2D eigenvalue weighted by molar-refractivity contribution is 9.09. The molecule has 88 valence electrons. The van der Waals surface area contributed by atoms with Crippen molar-refractivity contribution in [2.75, 3.05) is 23.4 Å². The quantitative estimate of drug-likeness (QED) is 0.727. The first-order valence-electron chi connectivity index (χ1n) is 5.38. The van der Waals surface area contributed by atoms with Crippen LogP contribution in [-0.2, 0) is 14.6 Å². The van der Waals surface area contributed by atoms with Gasteiger partial charge in [-0.25, -0.2) is 8.42 Å². The highest BCUT2D eigenvalue weighted by Gasteiger charge is 2.50. The number of alkyl halides is 1. The molecule has 5 heteroatoms. The molecule has 2 saturated heterocycles. The number of halogens is 1. The van der Waals surface area contributed by atoms with Crippen LogP contribution in [0.15, 0.2) is 0 Å². The molecule has 2 heterocycles. The van der Waals surface area contributed by atoms with Crippen LogP contribution in [0.1, 0.15) is 19.8 Å². The zero-order valence-corrected chi connectivity index (χ0v) is 11.3. The summed E-state index contributed by atoms with van der Waals surface area (Å²) in [7, 11) is -2.78. The average Bonchev–Trinajstić information content (AvgIpc) is 2.70. The highest BCUT2D eigenvalue weighted by atomic mass is 79.9. The summed E-state index contributed by atoms with van der Waals surface area (Å²) in [5.74, 6) is 0.991. The Balaban J connectivity index is 2.21. The highest BCUT2D eigenvalue weighted by Crippen LogP contribution is 2.47. The van der Waals surface area contributed by atoms with Gasteiger partial charge in [-0.2, -0.15) is 0 Å². The molecule has 0 bridgehead atoms. The minimum Gasteiger partial charge on any atom is -0.378 e. The summed E-state index contributed by atoms with van der Waals surface area (Å²) in [5.41, 5.74) is 0.0452. The van der Waals surface area contributed by atoms with Crippen LogP contribution in [-0.4, -0.2) is 38.0 Å². The van der Waals surface area contributed by atoms with Crippen molar-refractivity contribution in [2.24, 2.45) is 11.3 Å². The van der Waals surface area contributed by atoms with Gasteiger partial charge in [-0.15, -0.1) is 0 Å². The van der Waals surface area contributed by atoms with Crippen LogP contribution >= 0.6 is 15.9 Å². The van der Waals surface area contributed by atoms with Crippen LogP contribution in [0, 0.1) is 11.3 Å². The molecule has 2 aliphatic heterocycles. The van der Waals surface area contributed by atoms with Crippen molar-refractivity contribution in [1.29, 1.82) is 0 Å². The molecule has 2 aliphatic rings. The Morgan fingerprint density at radius 2 is 2.27 bits per heavy atom. The smallest absolute Gasteiger partial charge is 0.150 e. The average molecular weight is 297 g/mol. The van der Waals surface area contributed by atoms with Gasteiger partial charge >= 0.3 is 0 Å². The Morgan fingerprint density at radius 1 is 1.53 bits per heavy atom. The maximum absolute atomic E-state index is 11.5. The lowest BCUT2D eigenvalue weighted by Crippen LogP contribution is -2.39. The van der Waals surface area contributed by atoms with E-state index in [1.165, 1.54) is 0 Å². The Kier molecular flexibility index (Phi) is 3.17. The van der Waals surface area contributed by atoms with Crippen LogP contribution in [0.25, 0.3) is 0 Å². The fraction of sp³-hybridized carbons (Fsp3) is 1.00. The van der Waals surface area contributed by atoms with Crippen molar-refractivity contribution in [1.82, 2.24) is 0 Å². The predicted molar refractivity (Wildman–Crippen MR) is 63.0 cm³/mol. The number of ether oxygens (including phenoxy) is 1.